The van der Waals surface area contributed by atoms with E-state index < -0.39 is 18.9 Å². The third-order valence-electron chi connectivity index (χ3n) is 1.22. The van der Waals surface area contributed by atoms with Gasteiger partial charge in [-0.2, -0.15) is 13.2 Å². The van der Waals surface area contributed by atoms with E-state index in [0.717, 1.165) is 0 Å². The second-order valence-corrected chi connectivity index (χ2v) is 3.35. The number of aromatic nitrogens is 2. The zero-order chi connectivity index (χ0) is 12.2. The smallest absolute Gasteiger partial charge is 0.422 e. The SMILES string of the molecule is O=C(Nc1cnc(Br)cn1)OCC(F)(F)F. The zero-order valence-electron chi connectivity index (χ0n) is 7.58. The number of halogens is 4. The fourth-order valence-electron chi connectivity index (χ4n) is 0.665. The van der Waals surface area contributed by atoms with E-state index in [4.69, 9.17) is 0 Å². The minimum atomic E-state index is -4.55. The van der Waals surface area contributed by atoms with Crippen LogP contribution in [-0.4, -0.2) is 28.8 Å². The molecule has 1 aromatic heterocycles. The number of amides is 1. The lowest BCUT2D eigenvalue weighted by molar-refractivity contribution is -0.159. The van der Waals surface area contributed by atoms with Gasteiger partial charge in [-0.15, -0.1) is 0 Å². The first kappa shape index (κ1) is 12.7. The number of nitrogens with one attached hydrogen (secondary N) is 1. The van der Waals surface area contributed by atoms with Gasteiger partial charge < -0.3 is 4.74 Å². The summed E-state index contributed by atoms with van der Waals surface area (Å²) in [7, 11) is 0. The lowest BCUT2D eigenvalue weighted by Crippen LogP contribution is -2.23. The van der Waals surface area contributed by atoms with Crippen LogP contribution in [0.1, 0.15) is 0 Å². The highest BCUT2D eigenvalue weighted by atomic mass is 79.9. The quantitative estimate of drug-likeness (QED) is 0.910. The average molecular weight is 300 g/mol. The topological polar surface area (TPSA) is 64.1 Å². The average Bonchev–Trinajstić information content (AvgIpc) is 2.18. The monoisotopic (exact) mass is 299 g/mol. The molecule has 1 amide bonds. The number of hydrogen-bond donors (Lipinski definition) is 1. The molecule has 88 valence electrons. The van der Waals surface area contributed by atoms with Gasteiger partial charge in [0.05, 0.1) is 12.4 Å². The van der Waals surface area contributed by atoms with Crippen LogP contribution in [0.5, 0.6) is 0 Å². The third-order valence-corrected chi connectivity index (χ3v) is 1.63. The summed E-state index contributed by atoms with van der Waals surface area (Å²) in [5, 5.41) is 1.99. The maximum Gasteiger partial charge on any atom is 0.422 e. The molecule has 5 nitrogen and oxygen atoms in total. The van der Waals surface area contributed by atoms with Crippen LogP contribution in [0, 0.1) is 0 Å². The van der Waals surface area contributed by atoms with Gasteiger partial charge >= 0.3 is 12.3 Å². The molecule has 0 aliphatic rings. The minimum absolute atomic E-state index is 0.00428. The number of nitrogens with zero attached hydrogens (tertiary/aromatic N) is 2. The lowest BCUT2D eigenvalue weighted by Gasteiger charge is -2.08. The maximum absolute atomic E-state index is 11.7. The molecule has 0 saturated heterocycles. The second-order valence-electron chi connectivity index (χ2n) is 2.54. The van der Waals surface area contributed by atoms with Crippen LogP contribution < -0.4 is 5.32 Å². The van der Waals surface area contributed by atoms with Gasteiger partial charge in [-0.3, -0.25) is 5.32 Å². The van der Waals surface area contributed by atoms with Gasteiger partial charge in [0.15, 0.2) is 12.4 Å². The van der Waals surface area contributed by atoms with Crippen LogP contribution >= 0.6 is 15.9 Å². The Kier molecular flexibility index (Phi) is 4.05. The molecular weight excluding hydrogens is 295 g/mol. The van der Waals surface area contributed by atoms with Crippen molar-refractivity contribution in [2.24, 2.45) is 0 Å². The highest BCUT2D eigenvalue weighted by Gasteiger charge is 2.29. The number of ether oxygens (including phenoxy) is 1. The standard InChI is InChI=1S/C7H5BrF3N3O2/c8-4-1-13-5(2-12-4)14-6(15)16-3-7(9,10)11/h1-2H,3H2,(H,13,14,15). The molecule has 0 bridgehead atoms. The Labute approximate surface area is 96.2 Å². The summed E-state index contributed by atoms with van der Waals surface area (Å²) in [6.45, 7) is -1.65. The molecule has 1 heterocycles. The summed E-state index contributed by atoms with van der Waals surface area (Å²) >= 11 is 3.00. The predicted molar refractivity (Wildman–Crippen MR) is 50.8 cm³/mol. The van der Waals surface area contributed by atoms with E-state index in [1.807, 2.05) is 5.32 Å². The molecule has 1 aromatic rings. The highest BCUT2D eigenvalue weighted by Crippen LogP contribution is 2.15. The number of carbonyl (C=O) groups is 1. The number of hydrogen-bond acceptors (Lipinski definition) is 4. The van der Waals surface area contributed by atoms with Gasteiger partial charge in [-0.05, 0) is 15.9 Å². The Bertz CT molecular complexity index is 368. The van der Waals surface area contributed by atoms with Crippen LogP contribution in [0.25, 0.3) is 0 Å². The molecule has 0 aromatic carbocycles. The van der Waals surface area contributed by atoms with E-state index in [1.54, 1.807) is 0 Å². The maximum atomic E-state index is 11.7. The third kappa shape index (κ3) is 4.91. The second kappa shape index (κ2) is 5.10. The van der Waals surface area contributed by atoms with Gasteiger partial charge in [0.25, 0.3) is 0 Å². The van der Waals surface area contributed by atoms with Crippen LogP contribution in [-0.2, 0) is 4.74 Å². The first-order valence-corrected chi connectivity index (χ1v) is 4.64. The van der Waals surface area contributed by atoms with Crippen LogP contribution in [0.15, 0.2) is 17.0 Å². The fourth-order valence-corrected chi connectivity index (χ4v) is 0.870. The Morgan fingerprint density at radius 1 is 1.44 bits per heavy atom. The van der Waals surface area contributed by atoms with Crippen LogP contribution in [0.2, 0.25) is 0 Å². The van der Waals surface area contributed by atoms with E-state index >= 15 is 0 Å². The largest absolute Gasteiger partial charge is 0.440 e. The van der Waals surface area contributed by atoms with Gasteiger partial charge in [0, 0.05) is 0 Å². The van der Waals surface area contributed by atoms with Crippen molar-refractivity contribution < 1.29 is 22.7 Å². The fraction of sp³-hybridized carbons (Fsp3) is 0.286. The molecule has 0 fully saturated rings. The Morgan fingerprint density at radius 3 is 2.62 bits per heavy atom. The van der Waals surface area contributed by atoms with Crippen molar-refractivity contribution in [3.8, 4) is 0 Å². The molecule has 0 spiro atoms. The zero-order valence-corrected chi connectivity index (χ0v) is 9.17. The summed E-state index contributed by atoms with van der Waals surface area (Å²) in [5.41, 5.74) is 0. The molecule has 1 N–H and O–H groups in total. The first-order valence-electron chi connectivity index (χ1n) is 3.85. The Balaban J connectivity index is 2.43. The van der Waals surface area contributed by atoms with E-state index in [-0.39, 0.29) is 5.82 Å². The predicted octanol–water partition coefficient (Wildman–Crippen LogP) is 2.35. The first-order chi connectivity index (χ1) is 7.37. The summed E-state index contributed by atoms with van der Waals surface area (Å²) in [6.07, 6.45) is -3.35. The molecule has 16 heavy (non-hydrogen) atoms. The summed E-state index contributed by atoms with van der Waals surface area (Å²) in [5.74, 6) is -0.00428. The van der Waals surface area contributed by atoms with E-state index in [1.165, 1.54) is 12.4 Å². The van der Waals surface area contributed by atoms with Crippen LogP contribution in [0.3, 0.4) is 0 Å². The minimum Gasteiger partial charge on any atom is -0.440 e. The number of rotatable bonds is 2. The van der Waals surface area contributed by atoms with E-state index in [9.17, 15) is 18.0 Å². The highest BCUT2D eigenvalue weighted by molar-refractivity contribution is 9.10. The molecule has 0 radical (unpaired) electrons. The van der Waals surface area contributed by atoms with Gasteiger partial charge in [0.2, 0.25) is 0 Å². The molecule has 0 atom stereocenters. The van der Waals surface area contributed by atoms with Crippen molar-refractivity contribution in [1.82, 2.24) is 9.97 Å². The molecule has 0 aliphatic heterocycles. The molecule has 0 saturated carbocycles. The number of anilines is 1. The van der Waals surface area contributed by atoms with Gasteiger partial charge in [-0.1, -0.05) is 0 Å². The number of alkyl halides is 3. The summed E-state index contributed by atoms with van der Waals surface area (Å²) < 4.78 is 39.3. The molecule has 9 heteroatoms. The molecular formula is C7H5BrF3N3O2. The molecule has 1 rings (SSSR count). The normalized spacial score (nSPS) is 11.0. The van der Waals surface area contributed by atoms with E-state index in [2.05, 4.69) is 30.6 Å². The Morgan fingerprint density at radius 2 is 2.12 bits per heavy atom. The van der Waals surface area contributed by atoms with Crippen molar-refractivity contribution >= 4 is 27.8 Å². The molecule has 0 aliphatic carbocycles. The Hall–Kier alpha value is -1.38. The van der Waals surface area contributed by atoms with E-state index in [0.29, 0.717) is 4.60 Å². The van der Waals surface area contributed by atoms with Crippen molar-refractivity contribution in [1.29, 1.82) is 0 Å². The lowest BCUT2D eigenvalue weighted by atomic mass is 10.6. The van der Waals surface area contributed by atoms with Crippen LogP contribution in [0.4, 0.5) is 23.8 Å². The summed E-state index contributed by atoms with van der Waals surface area (Å²) in [4.78, 5) is 18.2. The van der Waals surface area contributed by atoms with Gasteiger partial charge in [0.1, 0.15) is 4.60 Å². The van der Waals surface area contributed by atoms with Crippen molar-refractivity contribution in [2.45, 2.75) is 6.18 Å². The van der Waals surface area contributed by atoms with Gasteiger partial charge in [-0.25, -0.2) is 14.8 Å². The van der Waals surface area contributed by atoms with Crippen molar-refractivity contribution in [3.05, 3.63) is 17.0 Å². The molecule has 0 unspecified atom stereocenters. The van der Waals surface area contributed by atoms with Crippen molar-refractivity contribution in [3.63, 3.8) is 0 Å². The number of carbonyl (C=O) groups excluding carboxylic acids is 1. The van der Waals surface area contributed by atoms with Crippen molar-refractivity contribution in [2.75, 3.05) is 11.9 Å². The summed E-state index contributed by atoms with van der Waals surface area (Å²) in [6, 6.07) is 0.